The standard InChI is InChI=1S/C16H16ClN5/c17-13-10-18-7-6-14(13)21-8-3-4-12(11-21)16-20-19-15-5-1-2-9-22(15)16/h1-2,5-7,9-10,12H,3-4,8,11H2/t12-/m0/s1. The Morgan fingerprint density at radius 3 is 3.05 bits per heavy atom. The summed E-state index contributed by atoms with van der Waals surface area (Å²) in [6, 6.07) is 7.96. The number of anilines is 1. The van der Waals surface area contributed by atoms with E-state index in [-0.39, 0.29) is 0 Å². The van der Waals surface area contributed by atoms with Crippen LogP contribution in [0.3, 0.4) is 0 Å². The van der Waals surface area contributed by atoms with Crippen LogP contribution in [0.25, 0.3) is 5.65 Å². The number of rotatable bonds is 2. The van der Waals surface area contributed by atoms with Gasteiger partial charge in [-0.15, -0.1) is 10.2 Å². The topological polar surface area (TPSA) is 46.3 Å². The summed E-state index contributed by atoms with van der Waals surface area (Å²) >= 11 is 6.29. The van der Waals surface area contributed by atoms with Crippen molar-refractivity contribution in [3.63, 3.8) is 0 Å². The lowest BCUT2D eigenvalue weighted by molar-refractivity contribution is 0.488. The van der Waals surface area contributed by atoms with E-state index in [1.54, 1.807) is 12.4 Å². The molecule has 0 aliphatic carbocycles. The van der Waals surface area contributed by atoms with Gasteiger partial charge >= 0.3 is 0 Å². The van der Waals surface area contributed by atoms with E-state index in [9.17, 15) is 0 Å². The maximum atomic E-state index is 6.29. The molecule has 5 nitrogen and oxygen atoms in total. The first-order chi connectivity index (χ1) is 10.8. The van der Waals surface area contributed by atoms with Crippen LogP contribution in [-0.2, 0) is 0 Å². The lowest BCUT2D eigenvalue weighted by Gasteiger charge is -2.34. The van der Waals surface area contributed by atoms with Gasteiger partial charge in [0.25, 0.3) is 0 Å². The molecule has 3 aromatic rings. The number of nitrogens with zero attached hydrogens (tertiary/aromatic N) is 5. The molecule has 0 saturated carbocycles. The van der Waals surface area contributed by atoms with Crippen LogP contribution in [0, 0.1) is 0 Å². The molecule has 6 heteroatoms. The third-order valence-corrected chi connectivity index (χ3v) is 4.51. The molecular weight excluding hydrogens is 298 g/mol. The molecule has 1 aliphatic heterocycles. The van der Waals surface area contributed by atoms with E-state index in [0.29, 0.717) is 10.9 Å². The molecule has 1 aliphatic rings. The van der Waals surface area contributed by atoms with Gasteiger partial charge in [0.05, 0.1) is 10.7 Å². The smallest absolute Gasteiger partial charge is 0.160 e. The minimum atomic E-state index is 0.357. The van der Waals surface area contributed by atoms with Crippen molar-refractivity contribution in [2.45, 2.75) is 18.8 Å². The van der Waals surface area contributed by atoms with E-state index in [0.717, 1.165) is 43.1 Å². The molecule has 4 rings (SSSR count). The number of piperidine rings is 1. The normalized spacial score (nSPS) is 18.8. The largest absolute Gasteiger partial charge is 0.370 e. The third kappa shape index (κ3) is 2.31. The number of pyridine rings is 2. The molecule has 22 heavy (non-hydrogen) atoms. The molecule has 1 atom stereocenters. The van der Waals surface area contributed by atoms with Crippen molar-refractivity contribution in [2.75, 3.05) is 18.0 Å². The Hall–Kier alpha value is -2.14. The number of hydrogen-bond acceptors (Lipinski definition) is 4. The van der Waals surface area contributed by atoms with Gasteiger partial charge in [0.2, 0.25) is 0 Å². The fourth-order valence-electron chi connectivity index (χ4n) is 3.17. The fraction of sp³-hybridized carbons (Fsp3) is 0.312. The minimum Gasteiger partial charge on any atom is -0.370 e. The minimum absolute atomic E-state index is 0.357. The monoisotopic (exact) mass is 313 g/mol. The highest BCUT2D eigenvalue weighted by molar-refractivity contribution is 6.33. The first-order valence-electron chi connectivity index (χ1n) is 7.47. The van der Waals surface area contributed by atoms with Gasteiger partial charge in [0.15, 0.2) is 5.65 Å². The first-order valence-corrected chi connectivity index (χ1v) is 7.85. The van der Waals surface area contributed by atoms with Crippen molar-refractivity contribution in [1.82, 2.24) is 19.6 Å². The highest BCUT2D eigenvalue weighted by Gasteiger charge is 2.26. The Morgan fingerprint density at radius 1 is 1.18 bits per heavy atom. The van der Waals surface area contributed by atoms with E-state index in [2.05, 4.69) is 24.5 Å². The third-order valence-electron chi connectivity index (χ3n) is 4.22. The zero-order valence-corrected chi connectivity index (χ0v) is 12.8. The maximum absolute atomic E-state index is 6.29. The zero-order chi connectivity index (χ0) is 14.9. The lowest BCUT2D eigenvalue weighted by atomic mass is 9.97. The highest BCUT2D eigenvalue weighted by atomic mass is 35.5. The summed E-state index contributed by atoms with van der Waals surface area (Å²) < 4.78 is 2.09. The summed E-state index contributed by atoms with van der Waals surface area (Å²) in [7, 11) is 0. The number of hydrogen-bond donors (Lipinski definition) is 0. The lowest BCUT2D eigenvalue weighted by Crippen LogP contribution is -2.35. The quantitative estimate of drug-likeness (QED) is 0.729. The van der Waals surface area contributed by atoms with Crippen molar-refractivity contribution in [1.29, 1.82) is 0 Å². The molecule has 0 unspecified atom stereocenters. The average Bonchev–Trinajstić information content (AvgIpc) is 2.99. The van der Waals surface area contributed by atoms with E-state index in [4.69, 9.17) is 11.6 Å². The molecule has 3 aromatic heterocycles. The van der Waals surface area contributed by atoms with Crippen molar-refractivity contribution in [3.8, 4) is 0 Å². The average molecular weight is 314 g/mol. The van der Waals surface area contributed by atoms with E-state index in [1.165, 1.54) is 0 Å². The summed E-state index contributed by atoms with van der Waals surface area (Å²) in [5.74, 6) is 1.39. The van der Waals surface area contributed by atoms with Crippen molar-refractivity contribution < 1.29 is 0 Å². The van der Waals surface area contributed by atoms with E-state index < -0.39 is 0 Å². The predicted octanol–water partition coefficient (Wildman–Crippen LogP) is 3.16. The van der Waals surface area contributed by atoms with Gasteiger partial charge in [0.1, 0.15) is 5.82 Å². The SMILES string of the molecule is Clc1cnccc1N1CCC[C@H](c2nnc3ccccn23)C1. The fourth-order valence-corrected chi connectivity index (χ4v) is 3.41. The molecule has 0 aromatic carbocycles. The molecule has 1 fully saturated rings. The second-order valence-corrected chi connectivity index (χ2v) is 6.01. The van der Waals surface area contributed by atoms with Gasteiger partial charge in [-0.1, -0.05) is 17.7 Å². The predicted molar refractivity (Wildman–Crippen MR) is 86.4 cm³/mol. The molecule has 0 bridgehead atoms. The Labute approximate surface area is 133 Å². The molecule has 112 valence electrons. The Bertz CT molecular complexity index is 800. The van der Waals surface area contributed by atoms with Gasteiger partial charge in [-0.2, -0.15) is 0 Å². The second-order valence-electron chi connectivity index (χ2n) is 5.60. The molecule has 0 amide bonds. The van der Waals surface area contributed by atoms with Crippen LogP contribution >= 0.6 is 11.6 Å². The van der Waals surface area contributed by atoms with Gasteiger partial charge in [-0.25, -0.2) is 0 Å². The second kappa shape index (κ2) is 5.57. The van der Waals surface area contributed by atoms with Crippen LogP contribution in [0.5, 0.6) is 0 Å². The zero-order valence-electron chi connectivity index (χ0n) is 12.1. The van der Waals surface area contributed by atoms with Crippen LogP contribution < -0.4 is 4.90 Å². The van der Waals surface area contributed by atoms with Crippen molar-refractivity contribution in [3.05, 3.63) is 53.7 Å². The number of halogens is 1. The van der Waals surface area contributed by atoms with Gasteiger partial charge in [-0.3, -0.25) is 9.38 Å². The Balaban J connectivity index is 1.65. The summed E-state index contributed by atoms with van der Waals surface area (Å²) in [5, 5.41) is 9.38. The molecule has 0 spiro atoms. The molecule has 1 saturated heterocycles. The summed E-state index contributed by atoms with van der Waals surface area (Å²) in [4.78, 5) is 6.39. The summed E-state index contributed by atoms with van der Waals surface area (Å²) in [6.07, 6.45) is 7.76. The van der Waals surface area contributed by atoms with Crippen LogP contribution in [0.2, 0.25) is 5.02 Å². The van der Waals surface area contributed by atoms with Gasteiger partial charge < -0.3 is 4.90 Å². The Kier molecular flexibility index (Phi) is 3.42. The molecule has 0 radical (unpaired) electrons. The van der Waals surface area contributed by atoms with Crippen LogP contribution in [0.1, 0.15) is 24.6 Å². The molecule has 4 heterocycles. The highest BCUT2D eigenvalue weighted by Crippen LogP contribution is 2.32. The Morgan fingerprint density at radius 2 is 2.14 bits per heavy atom. The van der Waals surface area contributed by atoms with Crippen LogP contribution in [-0.4, -0.2) is 32.7 Å². The summed E-state index contributed by atoms with van der Waals surface area (Å²) in [6.45, 7) is 1.91. The number of fused-ring (bicyclic) bond motifs is 1. The first kappa shape index (κ1) is 13.5. The van der Waals surface area contributed by atoms with Crippen molar-refractivity contribution in [2.24, 2.45) is 0 Å². The van der Waals surface area contributed by atoms with Gasteiger partial charge in [0, 0.05) is 37.6 Å². The van der Waals surface area contributed by atoms with Gasteiger partial charge in [-0.05, 0) is 31.0 Å². The molecule has 0 N–H and O–H groups in total. The van der Waals surface area contributed by atoms with Crippen LogP contribution in [0.15, 0.2) is 42.9 Å². The van der Waals surface area contributed by atoms with E-state index >= 15 is 0 Å². The van der Waals surface area contributed by atoms with E-state index in [1.807, 2.05) is 30.5 Å². The summed E-state index contributed by atoms with van der Waals surface area (Å²) in [5.41, 5.74) is 1.95. The number of aromatic nitrogens is 4. The molecular formula is C16H16ClN5. The maximum Gasteiger partial charge on any atom is 0.160 e. The van der Waals surface area contributed by atoms with Crippen molar-refractivity contribution >= 4 is 22.9 Å². The van der Waals surface area contributed by atoms with Crippen LogP contribution in [0.4, 0.5) is 5.69 Å².